The molecule has 1 atom stereocenters. The molecule has 4 heterocycles. The van der Waals surface area contributed by atoms with E-state index in [1.165, 1.54) is 10.7 Å². The van der Waals surface area contributed by atoms with Gasteiger partial charge in [0, 0.05) is 25.8 Å². The van der Waals surface area contributed by atoms with Gasteiger partial charge in [-0.15, -0.1) is 0 Å². The van der Waals surface area contributed by atoms with Gasteiger partial charge in [-0.25, -0.2) is 18.7 Å². The molecule has 0 aliphatic carbocycles. The highest BCUT2D eigenvalue weighted by atomic mass is 19.4. The second-order valence-corrected chi connectivity index (χ2v) is 8.67. The molecule has 2 aromatic heterocycles. The average Bonchev–Trinajstić information content (AvgIpc) is 3.46. The monoisotopic (exact) mass is 476 g/mol. The minimum Gasteiger partial charge on any atom is -0.349 e. The van der Waals surface area contributed by atoms with Gasteiger partial charge >= 0.3 is 12.2 Å². The number of likely N-dealkylation sites (tertiary alicyclic amines) is 1. The number of nitrogens with one attached hydrogen (secondary N) is 1. The van der Waals surface area contributed by atoms with E-state index < -0.39 is 23.6 Å². The first-order valence-corrected chi connectivity index (χ1v) is 11.3. The molecule has 3 aromatic rings. The van der Waals surface area contributed by atoms with Gasteiger partial charge in [0.15, 0.2) is 5.65 Å². The van der Waals surface area contributed by atoms with Gasteiger partial charge in [-0.1, -0.05) is 0 Å². The maximum Gasteiger partial charge on any atom is 0.416 e. The van der Waals surface area contributed by atoms with Crippen molar-refractivity contribution >= 4 is 23.2 Å². The fourth-order valence-electron chi connectivity index (χ4n) is 4.83. The van der Waals surface area contributed by atoms with Crippen LogP contribution in [0.5, 0.6) is 0 Å². The molecule has 0 saturated carbocycles. The van der Waals surface area contributed by atoms with Crippen molar-refractivity contribution in [2.45, 2.75) is 44.3 Å². The molecule has 0 bridgehead atoms. The molecule has 0 radical (unpaired) electrons. The first kappa shape index (κ1) is 22.4. The van der Waals surface area contributed by atoms with E-state index in [1.807, 2.05) is 0 Å². The van der Waals surface area contributed by atoms with Gasteiger partial charge in [0.2, 0.25) is 0 Å². The van der Waals surface area contributed by atoms with Crippen LogP contribution < -0.4 is 10.2 Å². The number of rotatable bonds is 3. The summed E-state index contributed by atoms with van der Waals surface area (Å²) in [7, 11) is 0. The third-order valence-electron chi connectivity index (χ3n) is 6.46. The molecule has 2 saturated heterocycles. The number of fused-ring (bicyclic) bond motifs is 1. The summed E-state index contributed by atoms with van der Waals surface area (Å²) in [5, 5.41) is 7.08. The summed E-state index contributed by atoms with van der Waals surface area (Å²) in [6.45, 7) is 1.86. The second kappa shape index (κ2) is 8.77. The van der Waals surface area contributed by atoms with Crippen LogP contribution in [0.2, 0.25) is 0 Å². The van der Waals surface area contributed by atoms with Crippen LogP contribution in [-0.4, -0.2) is 45.2 Å². The first-order chi connectivity index (χ1) is 16.3. The van der Waals surface area contributed by atoms with E-state index in [4.69, 9.17) is 0 Å². The smallest absolute Gasteiger partial charge is 0.349 e. The zero-order valence-electron chi connectivity index (χ0n) is 18.4. The predicted octanol–water partition coefficient (Wildman–Crippen LogP) is 5.25. The summed E-state index contributed by atoms with van der Waals surface area (Å²) in [5.41, 5.74) is -0.122. The van der Waals surface area contributed by atoms with Gasteiger partial charge in [0.05, 0.1) is 17.8 Å². The first-order valence-electron chi connectivity index (χ1n) is 11.3. The van der Waals surface area contributed by atoms with Crippen LogP contribution in [0, 0.1) is 5.82 Å². The molecule has 11 heteroatoms. The fraction of sp³-hybridized carbons (Fsp3) is 0.435. The van der Waals surface area contributed by atoms with Gasteiger partial charge in [-0.3, -0.25) is 0 Å². The summed E-state index contributed by atoms with van der Waals surface area (Å²) >= 11 is 0. The van der Waals surface area contributed by atoms with Gasteiger partial charge in [0.1, 0.15) is 17.3 Å². The zero-order chi connectivity index (χ0) is 23.9. The molecule has 0 spiro atoms. The van der Waals surface area contributed by atoms with Crippen LogP contribution >= 0.6 is 0 Å². The minimum atomic E-state index is -4.59. The van der Waals surface area contributed by atoms with E-state index in [2.05, 4.69) is 15.4 Å². The summed E-state index contributed by atoms with van der Waals surface area (Å²) in [6, 6.07) is 3.36. The van der Waals surface area contributed by atoms with E-state index in [0.29, 0.717) is 49.6 Å². The van der Waals surface area contributed by atoms with Crippen LogP contribution in [0.15, 0.2) is 36.7 Å². The molecule has 180 valence electrons. The number of halogens is 4. The number of carbonyl (C=O) groups is 1. The number of urea groups is 1. The van der Waals surface area contributed by atoms with E-state index in [0.717, 1.165) is 37.5 Å². The number of anilines is 2. The molecule has 7 nitrogen and oxygen atoms in total. The fourth-order valence-corrected chi connectivity index (χ4v) is 4.83. The topological polar surface area (TPSA) is 65.8 Å². The van der Waals surface area contributed by atoms with Crippen molar-refractivity contribution in [1.82, 2.24) is 19.5 Å². The second-order valence-electron chi connectivity index (χ2n) is 8.67. The van der Waals surface area contributed by atoms with Crippen molar-refractivity contribution in [2.75, 3.05) is 29.9 Å². The summed E-state index contributed by atoms with van der Waals surface area (Å²) in [6.07, 6.45) is 2.67. The highest BCUT2D eigenvalue weighted by Gasteiger charge is 2.38. The molecule has 2 aliphatic heterocycles. The van der Waals surface area contributed by atoms with Crippen molar-refractivity contribution in [3.05, 3.63) is 53.6 Å². The predicted molar refractivity (Wildman–Crippen MR) is 118 cm³/mol. The van der Waals surface area contributed by atoms with Gasteiger partial charge in [0.25, 0.3) is 0 Å². The summed E-state index contributed by atoms with van der Waals surface area (Å²) in [5.74, 6) is -0.266. The Kier molecular flexibility index (Phi) is 5.78. The third-order valence-corrected chi connectivity index (χ3v) is 6.46. The van der Waals surface area contributed by atoms with Crippen LogP contribution in [0.4, 0.5) is 33.9 Å². The maximum atomic E-state index is 14.0. The van der Waals surface area contributed by atoms with E-state index in [1.54, 1.807) is 22.1 Å². The molecule has 1 aromatic carbocycles. The lowest BCUT2D eigenvalue weighted by atomic mass is 9.97. The van der Waals surface area contributed by atoms with Gasteiger partial charge in [-0.2, -0.15) is 18.3 Å². The Morgan fingerprint density at radius 3 is 2.62 bits per heavy atom. The highest BCUT2D eigenvalue weighted by molar-refractivity contribution is 5.93. The maximum absolute atomic E-state index is 14.0. The Morgan fingerprint density at radius 2 is 1.85 bits per heavy atom. The van der Waals surface area contributed by atoms with Crippen LogP contribution in [0.3, 0.4) is 0 Å². The zero-order valence-corrected chi connectivity index (χ0v) is 18.4. The molecule has 5 rings (SSSR count). The Labute approximate surface area is 193 Å². The van der Waals surface area contributed by atoms with Crippen molar-refractivity contribution in [3.63, 3.8) is 0 Å². The minimum absolute atomic E-state index is 0.0983. The Hall–Kier alpha value is -3.37. The lowest BCUT2D eigenvalue weighted by Gasteiger charge is -2.28. The molecule has 1 N–H and O–H groups in total. The lowest BCUT2D eigenvalue weighted by Crippen LogP contribution is -2.38. The van der Waals surface area contributed by atoms with E-state index in [-0.39, 0.29) is 11.6 Å². The Balaban J connectivity index is 1.46. The molecule has 34 heavy (non-hydrogen) atoms. The number of nitrogens with zero attached hydrogens (tertiary/aromatic N) is 5. The number of hydrogen-bond acceptors (Lipinski definition) is 4. The van der Waals surface area contributed by atoms with Gasteiger partial charge in [-0.05, 0) is 61.9 Å². The molecular weight excluding hydrogens is 452 g/mol. The number of hydrogen-bond donors (Lipinski definition) is 1. The molecule has 2 fully saturated rings. The van der Waals surface area contributed by atoms with E-state index >= 15 is 0 Å². The molecule has 2 aliphatic rings. The van der Waals surface area contributed by atoms with E-state index in [9.17, 15) is 22.4 Å². The average molecular weight is 476 g/mol. The Morgan fingerprint density at radius 1 is 1.06 bits per heavy atom. The molecule has 2 amide bonds. The number of aromatic nitrogens is 3. The van der Waals surface area contributed by atoms with Crippen LogP contribution in [0.1, 0.15) is 49.3 Å². The van der Waals surface area contributed by atoms with Crippen molar-refractivity contribution < 1.29 is 22.4 Å². The molecule has 1 unspecified atom stereocenters. The van der Waals surface area contributed by atoms with Crippen molar-refractivity contribution in [1.29, 1.82) is 0 Å². The summed E-state index contributed by atoms with van der Waals surface area (Å²) in [4.78, 5) is 20.8. The third kappa shape index (κ3) is 4.26. The number of amides is 2. The number of benzene rings is 1. The quantitative estimate of drug-likeness (QED) is 0.525. The standard InChI is InChI=1S/C23H24F4N6O/c24-15-6-7-17(23(25,26)27)16(13-15)19-5-4-11-32(19)20-8-12-33-21(30-20)18(14-28-33)29-22(34)31-9-2-1-3-10-31/h6-8,12-14,19H,1-5,9-11H2,(H,29,34). The van der Waals surface area contributed by atoms with Crippen molar-refractivity contribution in [3.8, 4) is 0 Å². The number of piperidine rings is 1. The van der Waals surface area contributed by atoms with Gasteiger partial charge < -0.3 is 15.1 Å². The normalized spacial score (nSPS) is 19.1. The SMILES string of the molecule is O=C(Nc1cnn2ccc(N3CCCC3c3cc(F)ccc3C(F)(F)F)nc12)N1CCCCC1. The molecular formula is C23H24F4N6O. The lowest BCUT2D eigenvalue weighted by molar-refractivity contribution is -0.138. The number of carbonyl (C=O) groups excluding carboxylic acids is 1. The Bertz CT molecular complexity index is 1200. The largest absolute Gasteiger partial charge is 0.416 e. The van der Waals surface area contributed by atoms with Crippen LogP contribution in [-0.2, 0) is 6.18 Å². The summed E-state index contributed by atoms with van der Waals surface area (Å²) < 4.78 is 56.4. The van der Waals surface area contributed by atoms with Crippen molar-refractivity contribution in [2.24, 2.45) is 0 Å². The highest BCUT2D eigenvalue weighted by Crippen LogP contribution is 2.42. The van der Waals surface area contributed by atoms with Crippen LogP contribution in [0.25, 0.3) is 5.65 Å². The number of alkyl halides is 3.